The number of hydrogen-bond acceptors (Lipinski definition) is 4. The number of carbonyl (C=O) groups excluding carboxylic acids is 2. The SMILES string of the molecule is CCN(CC)CCNC(=O)c1cc(NC(=O)C(Cl)c2ccccc2)ccc1N1CCCCC1. The number of nitrogens with one attached hydrogen (secondary N) is 2. The van der Waals surface area contributed by atoms with Gasteiger partial charge in [0.25, 0.3) is 5.91 Å². The van der Waals surface area contributed by atoms with Gasteiger partial charge >= 0.3 is 0 Å². The lowest BCUT2D eigenvalue weighted by molar-refractivity contribution is -0.116. The average Bonchev–Trinajstić information content (AvgIpc) is 2.87. The molecule has 0 aliphatic carbocycles. The van der Waals surface area contributed by atoms with E-state index in [0.29, 0.717) is 17.8 Å². The first-order chi connectivity index (χ1) is 16.0. The lowest BCUT2D eigenvalue weighted by Gasteiger charge is -2.30. The van der Waals surface area contributed by atoms with Crippen LogP contribution < -0.4 is 15.5 Å². The van der Waals surface area contributed by atoms with Gasteiger partial charge in [-0.25, -0.2) is 0 Å². The number of rotatable bonds is 10. The van der Waals surface area contributed by atoms with Gasteiger partial charge < -0.3 is 20.4 Å². The first kappa shape index (κ1) is 25.1. The highest BCUT2D eigenvalue weighted by molar-refractivity contribution is 6.32. The Kier molecular flexibility index (Phi) is 9.58. The van der Waals surface area contributed by atoms with Crippen molar-refractivity contribution in [2.75, 3.05) is 49.5 Å². The van der Waals surface area contributed by atoms with E-state index >= 15 is 0 Å². The van der Waals surface area contributed by atoms with Crippen molar-refractivity contribution in [2.24, 2.45) is 0 Å². The zero-order chi connectivity index (χ0) is 23.6. The molecule has 1 saturated heterocycles. The average molecular weight is 471 g/mol. The maximum atomic E-state index is 13.2. The normalized spacial score (nSPS) is 14.7. The monoisotopic (exact) mass is 470 g/mol. The van der Waals surface area contributed by atoms with Crippen LogP contribution in [0.3, 0.4) is 0 Å². The summed E-state index contributed by atoms with van der Waals surface area (Å²) in [5, 5.41) is 5.14. The summed E-state index contributed by atoms with van der Waals surface area (Å²) in [6, 6.07) is 14.8. The predicted molar refractivity (Wildman–Crippen MR) is 136 cm³/mol. The smallest absolute Gasteiger partial charge is 0.253 e. The van der Waals surface area contributed by atoms with Crippen molar-refractivity contribution in [1.29, 1.82) is 0 Å². The topological polar surface area (TPSA) is 64.7 Å². The van der Waals surface area contributed by atoms with Crippen LogP contribution in [0.1, 0.15) is 54.4 Å². The third-order valence-corrected chi connectivity index (χ3v) is 6.59. The van der Waals surface area contributed by atoms with Gasteiger partial charge in [-0.3, -0.25) is 9.59 Å². The predicted octanol–water partition coefficient (Wildman–Crippen LogP) is 4.67. The number of hydrogen-bond donors (Lipinski definition) is 2. The van der Waals surface area contributed by atoms with E-state index in [1.54, 1.807) is 6.07 Å². The van der Waals surface area contributed by atoms with Gasteiger partial charge in [0.15, 0.2) is 0 Å². The van der Waals surface area contributed by atoms with Crippen LogP contribution in [0.4, 0.5) is 11.4 Å². The number of anilines is 2. The van der Waals surface area contributed by atoms with E-state index in [-0.39, 0.29) is 11.8 Å². The highest BCUT2D eigenvalue weighted by Crippen LogP contribution is 2.28. The zero-order valence-corrected chi connectivity index (χ0v) is 20.4. The molecule has 33 heavy (non-hydrogen) atoms. The molecule has 2 aromatic rings. The molecule has 0 radical (unpaired) electrons. The fourth-order valence-electron chi connectivity index (χ4n) is 4.15. The molecule has 1 atom stereocenters. The molecule has 1 heterocycles. The van der Waals surface area contributed by atoms with Crippen molar-refractivity contribution in [3.05, 3.63) is 59.7 Å². The van der Waals surface area contributed by atoms with E-state index in [1.165, 1.54) is 6.42 Å². The fourth-order valence-corrected chi connectivity index (χ4v) is 4.35. The first-order valence-electron chi connectivity index (χ1n) is 11.9. The minimum Gasteiger partial charge on any atom is -0.371 e. The van der Waals surface area contributed by atoms with E-state index in [1.807, 2.05) is 42.5 Å². The maximum Gasteiger partial charge on any atom is 0.253 e. The number of benzene rings is 2. The summed E-state index contributed by atoms with van der Waals surface area (Å²) in [5.41, 5.74) is 2.80. The summed E-state index contributed by atoms with van der Waals surface area (Å²) in [6.45, 7) is 9.39. The van der Waals surface area contributed by atoms with Crippen molar-refractivity contribution in [3.8, 4) is 0 Å². The Bertz CT molecular complexity index is 912. The van der Waals surface area contributed by atoms with Crippen LogP contribution in [0, 0.1) is 0 Å². The van der Waals surface area contributed by atoms with Gasteiger partial charge in [0, 0.05) is 37.6 Å². The van der Waals surface area contributed by atoms with Crippen molar-refractivity contribution in [1.82, 2.24) is 10.2 Å². The fraction of sp³-hybridized carbons (Fsp3) is 0.462. The second-order valence-corrected chi connectivity index (χ2v) is 8.76. The Hall–Kier alpha value is -2.57. The first-order valence-corrected chi connectivity index (χ1v) is 12.4. The van der Waals surface area contributed by atoms with E-state index in [9.17, 15) is 9.59 Å². The van der Waals surface area contributed by atoms with Gasteiger partial charge in [0.1, 0.15) is 5.38 Å². The molecule has 0 saturated carbocycles. The summed E-state index contributed by atoms with van der Waals surface area (Å²) in [5.74, 6) is -0.439. The van der Waals surface area contributed by atoms with Crippen LogP contribution in [0.25, 0.3) is 0 Å². The molecule has 0 bridgehead atoms. The van der Waals surface area contributed by atoms with E-state index in [0.717, 1.165) is 56.8 Å². The Morgan fingerprint density at radius 2 is 1.73 bits per heavy atom. The van der Waals surface area contributed by atoms with Crippen molar-refractivity contribution < 1.29 is 9.59 Å². The molecular formula is C26H35ClN4O2. The Labute approximate surface area is 202 Å². The second kappa shape index (κ2) is 12.6. The molecule has 0 aromatic heterocycles. The maximum absolute atomic E-state index is 13.2. The van der Waals surface area contributed by atoms with Gasteiger partial charge in [-0.2, -0.15) is 0 Å². The summed E-state index contributed by atoms with van der Waals surface area (Å²) in [7, 11) is 0. The van der Waals surface area contributed by atoms with Crippen molar-refractivity contribution in [3.63, 3.8) is 0 Å². The van der Waals surface area contributed by atoms with Crippen LogP contribution in [-0.2, 0) is 4.79 Å². The minimum absolute atomic E-state index is 0.121. The summed E-state index contributed by atoms with van der Waals surface area (Å²) >= 11 is 6.38. The number of carbonyl (C=O) groups is 2. The summed E-state index contributed by atoms with van der Waals surface area (Å²) < 4.78 is 0. The molecule has 1 aliphatic heterocycles. The van der Waals surface area contributed by atoms with Crippen LogP contribution >= 0.6 is 11.6 Å². The Balaban J connectivity index is 1.76. The van der Waals surface area contributed by atoms with Crippen LogP contribution in [0.2, 0.25) is 0 Å². The minimum atomic E-state index is -0.806. The molecule has 0 spiro atoms. The molecule has 1 fully saturated rings. The molecule has 3 rings (SSSR count). The second-order valence-electron chi connectivity index (χ2n) is 8.32. The number of likely N-dealkylation sites (N-methyl/N-ethyl adjacent to an activating group) is 1. The van der Waals surface area contributed by atoms with Gasteiger partial charge in [0.05, 0.1) is 5.56 Å². The third-order valence-electron chi connectivity index (χ3n) is 6.14. The summed E-state index contributed by atoms with van der Waals surface area (Å²) in [6.07, 6.45) is 3.45. The number of piperidine rings is 1. The largest absolute Gasteiger partial charge is 0.371 e. The molecule has 6 nitrogen and oxygen atoms in total. The highest BCUT2D eigenvalue weighted by Gasteiger charge is 2.22. The molecule has 2 aromatic carbocycles. The summed E-state index contributed by atoms with van der Waals surface area (Å²) in [4.78, 5) is 30.4. The van der Waals surface area contributed by atoms with E-state index < -0.39 is 5.38 Å². The zero-order valence-electron chi connectivity index (χ0n) is 19.6. The molecule has 178 valence electrons. The lowest BCUT2D eigenvalue weighted by Crippen LogP contribution is -2.36. The van der Waals surface area contributed by atoms with Gasteiger partial charge in [-0.15, -0.1) is 11.6 Å². The molecule has 2 amide bonds. The molecule has 1 unspecified atom stereocenters. The number of alkyl halides is 1. The number of amides is 2. The molecule has 7 heteroatoms. The van der Waals surface area contributed by atoms with Crippen LogP contribution in [-0.4, -0.2) is 56.0 Å². The van der Waals surface area contributed by atoms with Crippen LogP contribution in [0.5, 0.6) is 0 Å². The number of halogens is 1. The quantitative estimate of drug-likeness (QED) is 0.495. The van der Waals surface area contributed by atoms with Gasteiger partial charge in [-0.1, -0.05) is 44.2 Å². The molecular weight excluding hydrogens is 436 g/mol. The molecule has 1 aliphatic rings. The standard InChI is InChI=1S/C26H35ClN4O2/c1-3-30(4-2)18-15-28-25(32)22-19-21(13-14-23(22)31-16-9-6-10-17-31)29-26(33)24(27)20-11-7-5-8-12-20/h5,7-8,11-14,19,24H,3-4,6,9-10,15-18H2,1-2H3,(H,28,32)(H,29,33). The van der Waals surface area contributed by atoms with Crippen molar-refractivity contribution in [2.45, 2.75) is 38.5 Å². The van der Waals surface area contributed by atoms with Gasteiger partial charge in [-0.05, 0) is 56.1 Å². The third kappa shape index (κ3) is 6.95. The number of nitrogens with zero attached hydrogens (tertiary/aromatic N) is 2. The molecule has 2 N–H and O–H groups in total. The van der Waals surface area contributed by atoms with Crippen molar-refractivity contribution >= 4 is 34.8 Å². The Morgan fingerprint density at radius 1 is 1.03 bits per heavy atom. The van der Waals surface area contributed by atoms with E-state index in [2.05, 4.69) is 34.3 Å². The highest BCUT2D eigenvalue weighted by atomic mass is 35.5. The van der Waals surface area contributed by atoms with Crippen LogP contribution in [0.15, 0.2) is 48.5 Å². The van der Waals surface area contributed by atoms with Gasteiger partial charge in [0.2, 0.25) is 5.91 Å². The van der Waals surface area contributed by atoms with E-state index in [4.69, 9.17) is 11.6 Å². The lowest BCUT2D eigenvalue weighted by atomic mass is 10.1. The Morgan fingerprint density at radius 3 is 2.39 bits per heavy atom.